The van der Waals surface area contributed by atoms with Crippen molar-refractivity contribution in [2.24, 2.45) is 5.73 Å². The van der Waals surface area contributed by atoms with Crippen LogP contribution in [0.3, 0.4) is 0 Å². The van der Waals surface area contributed by atoms with E-state index in [1.165, 1.54) is 19.3 Å². The van der Waals surface area contributed by atoms with Gasteiger partial charge in [0, 0.05) is 0 Å². The van der Waals surface area contributed by atoms with Gasteiger partial charge in [-0.1, -0.05) is 19.3 Å². The summed E-state index contributed by atoms with van der Waals surface area (Å²) in [7, 11) is 0. The predicted octanol–water partition coefficient (Wildman–Crippen LogP) is 2.30. The molecule has 5 heteroatoms. The van der Waals surface area contributed by atoms with Gasteiger partial charge < -0.3 is 15.2 Å². The zero-order valence-corrected chi connectivity index (χ0v) is 11.8. The lowest BCUT2D eigenvalue weighted by molar-refractivity contribution is 0.165. The van der Waals surface area contributed by atoms with Crippen molar-refractivity contribution in [2.45, 2.75) is 57.6 Å². The van der Waals surface area contributed by atoms with Crippen LogP contribution in [0.25, 0.3) is 0 Å². The summed E-state index contributed by atoms with van der Waals surface area (Å²) in [5.74, 6) is 0.968. The van der Waals surface area contributed by atoms with Crippen LogP contribution in [0.15, 0.2) is 12.4 Å². The van der Waals surface area contributed by atoms with Crippen LogP contribution in [0.4, 0.5) is 0 Å². The van der Waals surface area contributed by atoms with E-state index in [2.05, 4.69) is 9.97 Å². The summed E-state index contributed by atoms with van der Waals surface area (Å²) in [4.78, 5) is 8.34. The van der Waals surface area contributed by atoms with E-state index < -0.39 is 0 Å². The molecule has 0 bridgehead atoms. The lowest BCUT2D eigenvalue weighted by Gasteiger charge is -2.32. The molecule has 1 heterocycles. The predicted molar refractivity (Wildman–Crippen MR) is 73.3 cm³/mol. The highest BCUT2D eigenvalue weighted by atomic mass is 16.5. The summed E-state index contributed by atoms with van der Waals surface area (Å²) in [5, 5.41) is 0. The second-order valence-corrected chi connectivity index (χ2v) is 5.57. The minimum absolute atomic E-state index is 0.0729. The van der Waals surface area contributed by atoms with Gasteiger partial charge in [-0.05, 0) is 26.7 Å². The van der Waals surface area contributed by atoms with Crippen molar-refractivity contribution >= 4 is 0 Å². The molecule has 0 saturated heterocycles. The fraction of sp³-hybridized carbons (Fsp3) is 0.714. The van der Waals surface area contributed by atoms with Gasteiger partial charge in [0.25, 0.3) is 0 Å². The summed E-state index contributed by atoms with van der Waals surface area (Å²) >= 11 is 0. The minimum Gasteiger partial charge on any atom is -0.475 e. The molecule has 1 saturated carbocycles. The molecule has 0 unspecified atom stereocenters. The van der Waals surface area contributed by atoms with Gasteiger partial charge in [0.2, 0.25) is 11.8 Å². The molecule has 0 aliphatic heterocycles. The number of aromatic nitrogens is 2. The Labute approximate surface area is 114 Å². The van der Waals surface area contributed by atoms with Crippen molar-refractivity contribution in [1.29, 1.82) is 0 Å². The van der Waals surface area contributed by atoms with E-state index in [9.17, 15) is 0 Å². The third-order valence-corrected chi connectivity index (χ3v) is 3.30. The molecule has 0 radical (unpaired) electrons. The molecule has 0 aromatic carbocycles. The molecule has 1 aliphatic carbocycles. The molecule has 1 aromatic rings. The van der Waals surface area contributed by atoms with E-state index in [0.29, 0.717) is 18.4 Å². The summed E-state index contributed by atoms with van der Waals surface area (Å²) in [6.07, 6.45) is 8.93. The highest BCUT2D eigenvalue weighted by Gasteiger charge is 2.28. The second kappa shape index (κ2) is 6.19. The zero-order valence-electron chi connectivity index (χ0n) is 11.8. The normalized spacial score (nSPS) is 18.3. The summed E-state index contributed by atoms with van der Waals surface area (Å²) in [6, 6.07) is 0. The second-order valence-electron chi connectivity index (χ2n) is 5.57. The third kappa shape index (κ3) is 4.35. The molecule has 0 atom stereocenters. The van der Waals surface area contributed by atoms with Crippen molar-refractivity contribution < 1.29 is 9.47 Å². The first-order valence-corrected chi connectivity index (χ1v) is 6.98. The van der Waals surface area contributed by atoms with Crippen LogP contribution in [0.2, 0.25) is 0 Å². The highest BCUT2D eigenvalue weighted by Crippen LogP contribution is 2.26. The van der Waals surface area contributed by atoms with Crippen molar-refractivity contribution in [2.75, 3.05) is 6.61 Å². The maximum Gasteiger partial charge on any atom is 0.235 e. The number of nitrogens with two attached hydrogens (primary N) is 1. The van der Waals surface area contributed by atoms with E-state index in [-0.39, 0.29) is 11.6 Å². The topological polar surface area (TPSA) is 70.3 Å². The first kappa shape index (κ1) is 14.1. The maximum absolute atomic E-state index is 6.32. The number of ether oxygens (including phenoxy) is 2. The zero-order chi connectivity index (χ0) is 13.7. The molecule has 106 valence electrons. The smallest absolute Gasteiger partial charge is 0.235 e. The number of hydrogen-bond donors (Lipinski definition) is 1. The van der Waals surface area contributed by atoms with Gasteiger partial charge in [-0.25, -0.2) is 0 Å². The Morgan fingerprint density at radius 1 is 1.21 bits per heavy atom. The number of nitrogens with zero attached hydrogens (tertiary/aromatic N) is 2. The van der Waals surface area contributed by atoms with Gasteiger partial charge in [-0.3, -0.25) is 4.98 Å². The van der Waals surface area contributed by atoms with Crippen molar-refractivity contribution in [3.63, 3.8) is 0 Å². The minimum atomic E-state index is -0.213. The Morgan fingerprint density at radius 2 is 1.89 bits per heavy atom. The maximum atomic E-state index is 6.32. The van der Waals surface area contributed by atoms with Crippen LogP contribution in [-0.4, -0.2) is 28.2 Å². The molecular weight excluding hydrogens is 242 g/mol. The molecule has 0 spiro atoms. The molecule has 1 aromatic heterocycles. The van der Waals surface area contributed by atoms with E-state index in [0.717, 1.165) is 12.8 Å². The van der Waals surface area contributed by atoms with Crippen LogP contribution in [0.5, 0.6) is 11.8 Å². The van der Waals surface area contributed by atoms with Crippen molar-refractivity contribution in [3.05, 3.63) is 12.4 Å². The SMILES string of the molecule is CC(C)Oc1cncc(OCC2(N)CCCCC2)n1. The summed E-state index contributed by atoms with van der Waals surface area (Å²) in [5.41, 5.74) is 6.11. The van der Waals surface area contributed by atoms with Gasteiger partial charge in [0.1, 0.15) is 6.61 Å². The van der Waals surface area contributed by atoms with Gasteiger partial charge >= 0.3 is 0 Å². The molecular formula is C14H23N3O2. The molecule has 2 rings (SSSR count). The fourth-order valence-corrected chi connectivity index (χ4v) is 2.32. The quantitative estimate of drug-likeness (QED) is 0.884. The van der Waals surface area contributed by atoms with Crippen LogP contribution in [0.1, 0.15) is 46.0 Å². The molecule has 0 amide bonds. The Hall–Kier alpha value is -1.36. The number of rotatable bonds is 5. The van der Waals surface area contributed by atoms with Crippen LogP contribution >= 0.6 is 0 Å². The van der Waals surface area contributed by atoms with E-state index in [1.54, 1.807) is 12.4 Å². The fourth-order valence-electron chi connectivity index (χ4n) is 2.32. The standard InChI is InChI=1S/C14H23N3O2/c1-11(2)19-13-9-16-8-12(17-13)18-10-14(15)6-4-3-5-7-14/h8-9,11H,3-7,10,15H2,1-2H3. The lowest BCUT2D eigenvalue weighted by atomic mass is 9.83. The van der Waals surface area contributed by atoms with Crippen LogP contribution in [0, 0.1) is 0 Å². The van der Waals surface area contributed by atoms with E-state index >= 15 is 0 Å². The van der Waals surface area contributed by atoms with Gasteiger partial charge in [0.05, 0.1) is 24.0 Å². The monoisotopic (exact) mass is 265 g/mol. The number of hydrogen-bond acceptors (Lipinski definition) is 5. The first-order chi connectivity index (χ1) is 9.07. The third-order valence-electron chi connectivity index (χ3n) is 3.30. The average Bonchev–Trinajstić information content (AvgIpc) is 2.37. The average molecular weight is 265 g/mol. The van der Waals surface area contributed by atoms with Crippen molar-refractivity contribution in [1.82, 2.24) is 9.97 Å². The molecule has 5 nitrogen and oxygen atoms in total. The summed E-state index contributed by atoms with van der Waals surface area (Å²) < 4.78 is 11.2. The van der Waals surface area contributed by atoms with Gasteiger partial charge in [0.15, 0.2) is 0 Å². The largest absolute Gasteiger partial charge is 0.475 e. The molecule has 2 N–H and O–H groups in total. The van der Waals surface area contributed by atoms with Gasteiger partial charge in [-0.15, -0.1) is 0 Å². The molecule has 19 heavy (non-hydrogen) atoms. The van der Waals surface area contributed by atoms with E-state index in [4.69, 9.17) is 15.2 Å². The molecule has 1 aliphatic rings. The van der Waals surface area contributed by atoms with Crippen molar-refractivity contribution in [3.8, 4) is 11.8 Å². The summed E-state index contributed by atoms with van der Waals surface area (Å²) in [6.45, 7) is 4.39. The van der Waals surface area contributed by atoms with E-state index in [1.807, 2.05) is 13.8 Å². The lowest BCUT2D eigenvalue weighted by Crippen LogP contribution is -2.47. The first-order valence-electron chi connectivity index (χ1n) is 6.98. The Morgan fingerprint density at radius 3 is 2.58 bits per heavy atom. The molecule has 1 fully saturated rings. The highest BCUT2D eigenvalue weighted by molar-refractivity contribution is 5.13. The van der Waals surface area contributed by atoms with Gasteiger partial charge in [-0.2, -0.15) is 4.98 Å². The van der Waals surface area contributed by atoms with Crippen LogP contribution in [-0.2, 0) is 0 Å². The van der Waals surface area contributed by atoms with Crippen LogP contribution < -0.4 is 15.2 Å². The Bertz CT molecular complexity index is 403. The Kier molecular flexibility index (Phi) is 4.58. The Balaban J connectivity index is 1.91.